The number of nitrogens with two attached hydrogens (primary N) is 1. The molecular weight excluding hydrogens is 226 g/mol. The first-order valence-electron chi connectivity index (χ1n) is 5.93. The van der Waals surface area contributed by atoms with Crippen molar-refractivity contribution in [3.05, 3.63) is 41.2 Å². The first kappa shape index (κ1) is 12.4. The fourth-order valence-corrected chi connectivity index (χ4v) is 1.56. The van der Waals surface area contributed by atoms with Gasteiger partial charge in [0.2, 0.25) is 5.95 Å². The van der Waals surface area contributed by atoms with Gasteiger partial charge in [0, 0.05) is 5.69 Å². The van der Waals surface area contributed by atoms with E-state index < -0.39 is 0 Å². The van der Waals surface area contributed by atoms with E-state index in [4.69, 9.17) is 5.73 Å². The molecule has 0 radical (unpaired) electrons. The van der Waals surface area contributed by atoms with Crippen LogP contribution in [-0.4, -0.2) is 21.7 Å². The predicted molar refractivity (Wildman–Crippen MR) is 71.8 cm³/mol. The summed E-state index contributed by atoms with van der Waals surface area (Å²) < 4.78 is 0. The molecule has 0 aliphatic rings. The molecule has 0 aliphatic heterocycles. The van der Waals surface area contributed by atoms with Gasteiger partial charge in [0.15, 0.2) is 0 Å². The number of hydrogen-bond donors (Lipinski definition) is 2. The maximum atomic E-state index is 5.51. The van der Waals surface area contributed by atoms with Gasteiger partial charge in [-0.2, -0.15) is 5.10 Å². The summed E-state index contributed by atoms with van der Waals surface area (Å²) in [6, 6.07) is 8.07. The lowest BCUT2D eigenvalue weighted by Gasteiger charge is -2.06. The zero-order chi connectivity index (χ0) is 13.0. The third-order valence-corrected chi connectivity index (χ3v) is 2.74. The van der Waals surface area contributed by atoms with Gasteiger partial charge in [-0.3, -0.25) is 0 Å². The summed E-state index contributed by atoms with van der Waals surface area (Å²) in [5.41, 5.74) is 9.41. The van der Waals surface area contributed by atoms with Crippen molar-refractivity contribution in [1.82, 2.24) is 15.2 Å². The zero-order valence-electron chi connectivity index (χ0n) is 10.6. The van der Waals surface area contributed by atoms with E-state index in [0.717, 1.165) is 23.5 Å². The lowest BCUT2D eigenvalue weighted by Crippen LogP contribution is -2.04. The second kappa shape index (κ2) is 5.55. The summed E-state index contributed by atoms with van der Waals surface area (Å²) in [4.78, 5) is 4.32. The summed E-state index contributed by atoms with van der Waals surface area (Å²) in [6.45, 7) is 4.47. The Hall–Kier alpha value is -2.01. The van der Waals surface area contributed by atoms with Crippen LogP contribution in [0.15, 0.2) is 24.3 Å². The first-order chi connectivity index (χ1) is 8.69. The molecule has 5 heteroatoms. The van der Waals surface area contributed by atoms with Crippen LogP contribution in [0.25, 0.3) is 0 Å². The van der Waals surface area contributed by atoms with Crippen molar-refractivity contribution in [2.45, 2.75) is 20.3 Å². The molecule has 1 heterocycles. The molecule has 5 nitrogen and oxygen atoms in total. The van der Waals surface area contributed by atoms with E-state index in [1.54, 1.807) is 0 Å². The summed E-state index contributed by atoms with van der Waals surface area (Å²) >= 11 is 0. The van der Waals surface area contributed by atoms with Crippen molar-refractivity contribution in [3.63, 3.8) is 0 Å². The molecule has 2 aromatic rings. The monoisotopic (exact) mass is 243 g/mol. The number of rotatable bonds is 4. The van der Waals surface area contributed by atoms with Gasteiger partial charge in [0.1, 0.15) is 0 Å². The van der Waals surface area contributed by atoms with Gasteiger partial charge in [0.25, 0.3) is 0 Å². The van der Waals surface area contributed by atoms with Crippen molar-refractivity contribution in [2.24, 2.45) is 5.73 Å². The minimum Gasteiger partial charge on any atom is -0.330 e. The molecule has 2 rings (SSSR count). The Morgan fingerprint density at radius 2 is 1.78 bits per heavy atom. The van der Waals surface area contributed by atoms with Crippen LogP contribution in [0.5, 0.6) is 0 Å². The Morgan fingerprint density at radius 1 is 1.06 bits per heavy atom. The van der Waals surface area contributed by atoms with E-state index >= 15 is 0 Å². The van der Waals surface area contributed by atoms with Gasteiger partial charge < -0.3 is 11.1 Å². The molecule has 1 aromatic heterocycles. The van der Waals surface area contributed by atoms with E-state index in [1.807, 2.05) is 38.1 Å². The van der Waals surface area contributed by atoms with E-state index in [0.29, 0.717) is 12.5 Å². The normalized spacial score (nSPS) is 10.4. The molecule has 0 saturated carbocycles. The minimum atomic E-state index is 0.518. The molecule has 0 fully saturated rings. The highest BCUT2D eigenvalue weighted by Gasteiger charge is 2.01. The summed E-state index contributed by atoms with van der Waals surface area (Å²) in [5, 5.41) is 11.2. The van der Waals surface area contributed by atoms with Gasteiger partial charge >= 0.3 is 0 Å². The summed E-state index contributed by atoms with van der Waals surface area (Å²) in [7, 11) is 0. The highest BCUT2D eigenvalue weighted by molar-refractivity contribution is 5.53. The molecule has 0 atom stereocenters. The van der Waals surface area contributed by atoms with Crippen LogP contribution >= 0.6 is 0 Å². The standard InChI is InChI=1S/C13H17N5/c1-9-10(2)17-18-13(15-9)16-12-5-3-11(4-6-12)7-8-14/h3-6H,7-8,14H2,1-2H3,(H,15,16,18). The van der Waals surface area contributed by atoms with Crippen molar-refractivity contribution in [1.29, 1.82) is 0 Å². The van der Waals surface area contributed by atoms with E-state index in [9.17, 15) is 0 Å². The second-order valence-electron chi connectivity index (χ2n) is 4.17. The molecule has 3 N–H and O–H groups in total. The SMILES string of the molecule is Cc1nnc(Nc2ccc(CCN)cc2)nc1C. The molecule has 0 spiro atoms. The third kappa shape index (κ3) is 3.01. The van der Waals surface area contributed by atoms with Gasteiger partial charge in [-0.1, -0.05) is 12.1 Å². The molecule has 94 valence electrons. The van der Waals surface area contributed by atoms with Crippen molar-refractivity contribution >= 4 is 11.6 Å². The third-order valence-electron chi connectivity index (χ3n) is 2.74. The van der Waals surface area contributed by atoms with Gasteiger partial charge in [-0.25, -0.2) is 4.98 Å². The molecule has 0 bridgehead atoms. The lowest BCUT2D eigenvalue weighted by molar-refractivity contribution is 0.904. The number of aromatic nitrogens is 3. The number of hydrogen-bond acceptors (Lipinski definition) is 5. The van der Waals surface area contributed by atoms with E-state index in [2.05, 4.69) is 20.5 Å². The summed E-state index contributed by atoms with van der Waals surface area (Å²) in [5.74, 6) is 0.518. The lowest BCUT2D eigenvalue weighted by atomic mass is 10.1. The van der Waals surface area contributed by atoms with Gasteiger partial charge in [-0.15, -0.1) is 5.10 Å². The van der Waals surface area contributed by atoms with Crippen LogP contribution in [0.1, 0.15) is 17.0 Å². The highest BCUT2D eigenvalue weighted by Crippen LogP contribution is 2.14. The minimum absolute atomic E-state index is 0.518. The van der Waals surface area contributed by atoms with Crippen LogP contribution in [0, 0.1) is 13.8 Å². The Labute approximate surface area is 106 Å². The molecule has 1 aromatic carbocycles. The van der Waals surface area contributed by atoms with Crippen molar-refractivity contribution < 1.29 is 0 Å². The molecule has 0 amide bonds. The number of anilines is 2. The summed E-state index contributed by atoms with van der Waals surface area (Å²) in [6.07, 6.45) is 0.891. The molecule has 0 aliphatic carbocycles. The smallest absolute Gasteiger partial charge is 0.247 e. The van der Waals surface area contributed by atoms with Crippen LogP contribution in [0.4, 0.5) is 11.6 Å². The quantitative estimate of drug-likeness (QED) is 0.855. The highest BCUT2D eigenvalue weighted by atomic mass is 15.2. The Balaban J connectivity index is 2.10. The Bertz CT molecular complexity index is 521. The molecular formula is C13H17N5. The van der Waals surface area contributed by atoms with Crippen LogP contribution in [0.3, 0.4) is 0 Å². The number of nitrogens with zero attached hydrogens (tertiary/aromatic N) is 3. The fraction of sp³-hybridized carbons (Fsp3) is 0.308. The number of nitrogens with one attached hydrogen (secondary N) is 1. The average Bonchev–Trinajstić information content (AvgIpc) is 2.37. The number of benzene rings is 1. The van der Waals surface area contributed by atoms with Crippen molar-refractivity contribution in [3.8, 4) is 0 Å². The predicted octanol–water partition coefficient (Wildman–Crippen LogP) is 1.73. The van der Waals surface area contributed by atoms with Crippen LogP contribution in [0.2, 0.25) is 0 Å². The number of aryl methyl sites for hydroxylation is 2. The van der Waals surface area contributed by atoms with Gasteiger partial charge in [-0.05, 0) is 44.5 Å². The van der Waals surface area contributed by atoms with E-state index in [-0.39, 0.29) is 0 Å². The maximum absolute atomic E-state index is 5.51. The zero-order valence-corrected chi connectivity index (χ0v) is 10.6. The average molecular weight is 243 g/mol. The Kier molecular flexibility index (Phi) is 3.84. The van der Waals surface area contributed by atoms with Crippen LogP contribution < -0.4 is 11.1 Å². The maximum Gasteiger partial charge on any atom is 0.247 e. The van der Waals surface area contributed by atoms with Crippen molar-refractivity contribution in [2.75, 3.05) is 11.9 Å². The fourth-order valence-electron chi connectivity index (χ4n) is 1.56. The molecule has 0 unspecified atom stereocenters. The largest absolute Gasteiger partial charge is 0.330 e. The molecule has 18 heavy (non-hydrogen) atoms. The van der Waals surface area contributed by atoms with Crippen LogP contribution in [-0.2, 0) is 6.42 Å². The van der Waals surface area contributed by atoms with E-state index in [1.165, 1.54) is 5.56 Å². The van der Waals surface area contributed by atoms with Gasteiger partial charge in [0.05, 0.1) is 11.4 Å². The first-order valence-corrected chi connectivity index (χ1v) is 5.93. The second-order valence-corrected chi connectivity index (χ2v) is 4.17. The topological polar surface area (TPSA) is 76.7 Å². The molecule has 0 saturated heterocycles. The Morgan fingerprint density at radius 3 is 2.39 bits per heavy atom.